The molecule has 0 saturated carbocycles. The molecule has 176 valence electrons. The van der Waals surface area contributed by atoms with Gasteiger partial charge in [-0.05, 0) is 70.7 Å². The van der Waals surface area contributed by atoms with Crippen LogP contribution >= 0.6 is 15.9 Å². The molecule has 3 aromatic rings. The molecule has 0 bridgehead atoms. The van der Waals surface area contributed by atoms with Gasteiger partial charge in [-0.25, -0.2) is 4.79 Å². The fourth-order valence-electron chi connectivity index (χ4n) is 4.00. The number of piperazine rings is 1. The Hall–Kier alpha value is -3.32. The number of nitrogens with one attached hydrogen (secondary N) is 2. The minimum atomic E-state index is -0.0862. The predicted octanol–water partition coefficient (Wildman–Crippen LogP) is 5.76. The number of carbonyl (C=O) groups excluding carboxylic acids is 2. The first kappa shape index (κ1) is 23.8. The van der Waals surface area contributed by atoms with Crippen LogP contribution in [0.3, 0.4) is 0 Å². The molecule has 7 heteroatoms. The zero-order chi connectivity index (χ0) is 23.8. The summed E-state index contributed by atoms with van der Waals surface area (Å²) in [5.74, 6) is 0.0355. The molecule has 1 fully saturated rings. The van der Waals surface area contributed by atoms with Crippen LogP contribution in [0.1, 0.15) is 18.4 Å². The van der Waals surface area contributed by atoms with Gasteiger partial charge in [0, 0.05) is 48.4 Å². The minimum Gasteiger partial charge on any atom is -0.368 e. The lowest BCUT2D eigenvalue weighted by Crippen LogP contribution is -2.50. The average Bonchev–Trinajstić information content (AvgIpc) is 2.87. The summed E-state index contributed by atoms with van der Waals surface area (Å²) in [6.07, 6.45) is 2.23. The molecule has 3 aromatic carbocycles. The van der Waals surface area contributed by atoms with Crippen molar-refractivity contribution in [1.82, 2.24) is 4.90 Å². The molecular formula is C27H29BrN4O2. The summed E-state index contributed by atoms with van der Waals surface area (Å²) in [4.78, 5) is 29.0. The molecule has 6 nitrogen and oxygen atoms in total. The highest BCUT2D eigenvalue weighted by atomic mass is 79.9. The molecule has 0 spiro atoms. The normalized spacial score (nSPS) is 13.4. The highest BCUT2D eigenvalue weighted by Gasteiger charge is 2.21. The molecule has 0 unspecified atom stereocenters. The second-order valence-corrected chi connectivity index (χ2v) is 9.17. The topological polar surface area (TPSA) is 64.7 Å². The van der Waals surface area contributed by atoms with E-state index in [4.69, 9.17) is 0 Å². The minimum absolute atomic E-state index is 0.0355. The zero-order valence-corrected chi connectivity index (χ0v) is 20.6. The van der Waals surface area contributed by atoms with Crippen molar-refractivity contribution < 1.29 is 9.59 Å². The molecule has 1 aliphatic heterocycles. The summed E-state index contributed by atoms with van der Waals surface area (Å²) in [5, 5.41) is 5.95. The monoisotopic (exact) mass is 520 g/mol. The maximum absolute atomic E-state index is 12.6. The number of carbonyl (C=O) groups is 2. The maximum Gasteiger partial charge on any atom is 0.321 e. The van der Waals surface area contributed by atoms with E-state index in [0.717, 1.165) is 47.5 Å². The fraction of sp³-hybridized carbons (Fsp3) is 0.259. The van der Waals surface area contributed by atoms with E-state index in [-0.39, 0.29) is 11.9 Å². The lowest BCUT2D eigenvalue weighted by molar-refractivity contribution is -0.116. The Morgan fingerprint density at radius 3 is 2.18 bits per heavy atom. The number of para-hydroxylation sites is 1. The van der Waals surface area contributed by atoms with Crippen LogP contribution in [-0.2, 0) is 11.2 Å². The van der Waals surface area contributed by atoms with Crippen LogP contribution in [0.4, 0.5) is 21.9 Å². The number of hydrogen-bond donors (Lipinski definition) is 2. The van der Waals surface area contributed by atoms with Gasteiger partial charge in [0.1, 0.15) is 0 Å². The van der Waals surface area contributed by atoms with Crippen LogP contribution in [0.25, 0.3) is 0 Å². The van der Waals surface area contributed by atoms with E-state index in [9.17, 15) is 9.59 Å². The smallest absolute Gasteiger partial charge is 0.321 e. The Balaban J connectivity index is 1.21. The third-order valence-electron chi connectivity index (χ3n) is 5.91. The molecule has 0 atom stereocenters. The Kier molecular flexibility index (Phi) is 8.20. The number of aryl methyl sites for hydroxylation is 1. The van der Waals surface area contributed by atoms with Crippen molar-refractivity contribution in [2.45, 2.75) is 19.3 Å². The van der Waals surface area contributed by atoms with Gasteiger partial charge in [0.2, 0.25) is 5.91 Å². The SMILES string of the molecule is O=C(CCCc1ccccc1)Nc1ccc(N2CCN(C(=O)Nc3ccccc3Br)CC2)cc1. The van der Waals surface area contributed by atoms with Crippen LogP contribution in [0.15, 0.2) is 83.3 Å². The van der Waals surface area contributed by atoms with E-state index in [1.165, 1.54) is 5.56 Å². The number of urea groups is 1. The number of amides is 3. The number of benzene rings is 3. The summed E-state index contributed by atoms with van der Waals surface area (Å²) in [6, 6.07) is 25.7. The van der Waals surface area contributed by atoms with Crippen molar-refractivity contribution in [3.63, 3.8) is 0 Å². The van der Waals surface area contributed by atoms with E-state index >= 15 is 0 Å². The Bertz CT molecular complexity index is 1100. The molecule has 34 heavy (non-hydrogen) atoms. The van der Waals surface area contributed by atoms with Crippen molar-refractivity contribution in [2.75, 3.05) is 41.7 Å². The van der Waals surface area contributed by atoms with Crippen molar-refractivity contribution >= 4 is 44.9 Å². The predicted molar refractivity (Wildman–Crippen MR) is 141 cm³/mol. The fourth-order valence-corrected chi connectivity index (χ4v) is 4.39. The van der Waals surface area contributed by atoms with Crippen LogP contribution in [-0.4, -0.2) is 43.0 Å². The zero-order valence-electron chi connectivity index (χ0n) is 19.0. The number of nitrogens with zero attached hydrogens (tertiary/aromatic N) is 2. The summed E-state index contributed by atoms with van der Waals surface area (Å²) in [7, 11) is 0. The molecular weight excluding hydrogens is 492 g/mol. The quantitative estimate of drug-likeness (QED) is 0.415. The van der Waals surface area contributed by atoms with E-state index < -0.39 is 0 Å². The second kappa shape index (κ2) is 11.7. The Morgan fingerprint density at radius 2 is 1.47 bits per heavy atom. The third-order valence-corrected chi connectivity index (χ3v) is 6.60. The third kappa shape index (κ3) is 6.60. The van der Waals surface area contributed by atoms with Crippen molar-refractivity contribution in [2.24, 2.45) is 0 Å². The van der Waals surface area contributed by atoms with Crippen molar-refractivity contribution in [1.29, 1.82) is 0 Å². The summed E-state index contributed by atoms with van der Waals surface area (Å²) in [5.41, 5.74) is 3.92. The highest BCUT2D eigenvalue weighted by Crippen LogP contribution is 2.23. The Morgan fingerprint density at radius 1 is 0.794 bits per heavy atom. The molecule has 1 saturated heterocycles. The van der Waals surface area contributed by atoms with Crippen LogP contribution in [0.2, 0.25) is 0 Å². The van der Waals surface area contributed by atoms with Gasteiger partial charge < -0.3 is 20.4 Å². The summed E-state index contributed by atoms with van der Waals surface area (Å²) < 4.78 is 0.866. The summed E-state index contributed by atoms with van der Waals surface area (Å²) >= 11 is 3.46. The van der Waals surface area contributed by atoms with E-state index in [1.54, 1.807) is 0 Å². The van der Waals surface area contributed by atoms with Gasteiger partial charge in [-0.2, -0.15) is 0 Å². The molecule has 1 aliphatic rings. The molecule has 0 aromatic heterocycles. The van der Waals surface area contributed by atoms with Crippen LogP contribution < -0.4 is 15.5 Å². The van der Waals surface area contributed by atoms with Gasteiger partial charge in [0.05, 0.1) is 5.69 Å². The van der Waals surface area contributed by atoms with E-state index in [1.807, 2.05) is 71.6 Å². The van der Waals surface area contributed by atoms with Gasteiger partial charge >= 0.3 is 6.03 Å². The second-order valence-electron chi connectivity index (χ2n) is 8.32. The van der Waals surface area contributed by atoms with E-state index in [0.29, 0.717) is 19.5 Å². The number of anilines is 3. The molecule has 1 heterocycles. The molecule has 4 rings (SSSR count). The summed E-state index contributed by atoms with van der Waals surface area (Å²) in [6.45, 7) is 2.81. The first-order valence-electron chi connectivity index (χ1n) is 11.6. The molecule has 0 aliphatic carbocycles. The first-order chi connectivity index (χ1) is 16.6. The van der Waals surface area contributed by atoms with Crippen LogP contribution in [0.5, 0.6) is 0 Å². The standard InChI is InChI=1S/C27H29BrN4O2/c28-24-10-4-5-11-25(24)30-27(34)32-19-17-31(18-20-32)23-15-13-22(14-16-23)29-26(33)12-6-9-21-7-2-1-3-8-21/h1-5,7-8,10-11,13-16H,6,9,12,17-20H2,(H,29,33)(H,30,34). The molecule has 2 N–H and O–H groups in total. The largest absolute Gasteiger partial charge is 0.368 e. The number of hydrogen-bond acceptors (Lipinski definition) is 3. The van der Waals surface area contributed by atoms with Crippen LogP contribution in [0, 0.1) is 0 Å². The van der Waals surface area contributed by atoms with E-state index in [2.05, 4.69) is 43.6 Å². The molecule has 3 amide bonds. The maximum atomic E-state index is 12.6. The number of halogens is 1. The van der Waals surface area contributed by atoms with Gasteiger partial charge in [-0.3, -0.25) is 4.79 Å². The Labute approximate surface area is 209 Å². The van der Waals surface area contributed by atoms with Crippen molar-refractivity contribution in [3.8, 4) is 0 Å². The highest BCUT2D eigenvalue weighted by molar-refractivity contribution is 9.10. The van der Waals surface area contributed by atoms with Gasteiger partial charge in [0.25, 0.3) is 0 Å². The van der Waals surface area contributed by atoms with Gasteiger partial charge in [-0.15, -0.1) is 0 Å². The number of rotatable bonds is 7. The van der Waals surface area contributed by atoms with Gasteiger partial charge in [-0.1, -0.05) is 42.5 Å². The lowest BCUT2D eigenvalue weighted by atomic mass is 10.1. The first-order valence-corrected chi connectivity index (χ1v) is 12.4. The average molecular weight is 521 g/mol. The lowest BCUT2D eigenvalue weighted by Gasteiger charge is -2.36. The van der Waals surface area contributed by atoms with Crippen molar-refractivity contribution in [3.05, 3.63) is 88.9 Å². The molecule has 0 radical (unpaired) electrons. The van der Waals surface area contributed by atoms with Gasteiger partial charge in [0.15, 0.2) is 0 Å².